The molecule has 88 valence electrons. The van der Waals surface area contributed by atoms with Crippen molar-refractivity contribution in [3.63, 3.8) is 0 Å². The predicted octanol–water partition coefficient (Wildman–Crippen LogP) is 1.28. The van der Waals surface area contributed by atoms with Crippen molar-refractivity contribution in [3.05, 3.63) is 12.2 Å². The normalized spacial score (nSPS) is 11.5. The van der Waals surface area contributed by atoms with Crippen LogP contribution in [0.2, 0.25) is 0 Å². The molecule has 0 rings (SSSR count). The first kappa shape index (κ1) is 14.0. The van der Waals surface area contributed by atoms with Gasteiger partial charge in [0.15, 0.2) is 5.96 Å². The molecule has 0 amide bonds. The van der Waals surface area contributed by atoms with Crippen LogP contribution in [0, 0.1) is 0 Å². The van der Waals surface area contributed by atoms with Gasteiger partial charge in [0.25, 0.3) is 0 Å². The van der Waals surface area contributed by atoms with Crippen molar-refractivity contribution in [2.75, 3.05) is 26.8 Å². The van der Waals surface area contributed by atoms with Gasteiger partial charge in [0.05, 0.1) is 6.54 Å². The molecule has 0 spiro atoms. The SMILES string of the molecule is C=C(C)CN=C(N)NCCCCCOC. The van der Waals surface area contributed by atoms with Crippen LogP contribution in [0.1, 0.15) is 26.2 Å². The van der Waals surface area contributed by atoms with E-state index in [4.69, 9.17) is 10.5 Å². The van der Waals surface area contributed by atoms with E-state index < -0.39 is 0 Å². The molecule has 0 bridgehead atoms. The molecular formula is C11H23N3O. The van der Waals surface area contributed by atoms with E-state index in [1.807, 2.05) is 6.92 Å². The second-order valence-corrected chi connectivity index (χ2v) is 3.64. The van der Waals surface area contributed by atoms with E-state index in [1.165, 1.54) is 0 Å². The molecule has 0 aromatic carbocycles. The number of aliphatic imine (C=N–C) groups is 1. The second-order valence-electron chi connectivity index (χ2n) is 3.64. The van der Waals surface area contributed by atoms with Crippen molar-refractivity contribution in [3.8, 4) is 0 Å². The molecule has 0 unspecified atom stereocenters. The summed E-state index contributed by atoms with van der Waals surface area (Å²) < 4.78 is 4.96. The fourth-order valence-corrected chi connectivity index (χ4v) is 1.04. The first-order valence-electron chi connectivity index (χ1n) is 5.34. The maximum Gasteiger partial charge on any atom is 0.188 e. The van der Waals surface area contributed by atoms with Gasteiger partial charge in [0, 0.05) is 20.3 Å². The molecule has 0 aliphatic rings. The van der Waals surface area contributed by atoms with E-state index in [2.05, 4.69) is 16.9 Å². The maximum absolute atomic E-state index is 5.64. The minimum absolute atomic E-state index is 0.504. The minimum Gasteiger partial charge on any atom is -0.385 e. The van der Waals surface area contributed by atoms with Crippen LogP contribution in [0.5, 0.6) is 0 Å². The summed E-state index contributed by atoms with van der Waals surface area (Å²) in [5.74, 6) is 0.504. The van der Waals surface area contributed by atoms with Crippen LogP contribution in [0.4, 0.5) is 0 Å². The Hall–Kier alpha value is -1.03. The first-order valence-corrected chi connectivity index (χ1v) is 5.34. The van der Waals surface area contributed by atoms with Crippen LogP contribution in [0.15, 0.2) is 17.1 Å². The lowest BCUT2D eigenvalue weighted by Crippen LogP contribution is -2.32. The van der Waals surface area contributed by atoms with Crippen LogP contribution in [0.25, 0.3) is 0 Å². The quantitative estimate of drug-likeness (QED) is 0.276. The summed E-state index contributed by atoms with van der Waals surface area (Å²) >= 11 is 0. The van der Waals surface area contributed by atoms with Gasteiger partial charge in [0.2, 0.25) is 0 Å². The largest absolute Gasteiger partial charge is 0.385 e. The molecule has 0 fully saturated rings. The van der Waals surface area contributed by atoms with E-state index in [9.17, 15) is 0 Å². The lowest BCUT2D eigenvalue weighted by atomic mass is 10.2. The number of nitrogens with two attached hydrogens (primary N) is 1. The Balaban J connectivity index is 3.34. The summed E-state index contributed by atoms with van der Waals surface area (Å²) in [7, 11) is 1.72. The second kappa shape index (κ2) is 9.52. The number of unbranched alkanes of at least 4 members (excludes halogenated alkanes) is 2. The van der Waals surface area contributed by atoms with Gasteiger partial charge in [-0.25, -0.2) is 4.99 Å². The Labute approximate surface area is 92.6 Å². The smallest absolute Gasteiger partial charge is 0.188 e. The molecule has 4 nitrogen and oxygen atoms in total. The van der Waals surface area contributed by atoms with Crippen molar-refractivity contribution >= 4 is 5.96 Å². The van der Waals surface area contributed by atoms with Crippen LogP contribution in [0.3, 0.4) is 0 Å². The van der Waals surface area contributed by atoms with Crippen molar-refractivity contribution < 1.29 is 4.74 Å². The third-order valence-electron chi connectivity index (χ3n) is 1.85. The van der Waals surface area contributed by atoms with E-state index in [0.717, 1.165) is 38.0 Å². The van der Waals surface area contributed by atoms with Gasteiger partial charge in [-0.15, -0.1) is 0 Å². The van der Waals surface area contributed by atoms with Gasteiger partial charge in [-0.1, -0.05) is 12.2 Å². The highest BCUT2D eigenvalue weighted by molar-refractivity contribution is 5.77. The van der Waals surface area contributed by atoms with Crippen LogP contribution >= 0.6 is 0 Å². The van der Waals surface area contributed by atoms with Gasteiger partial charge in [-0.2, -0.15) is 0 Å². The lowest BCUT2D eigenvalue weighted by molar-refractivity contribution is 0.192. The fourth-order valence-electron chi connectivity index (χ4n) is 1.04. The molecule has 0 atom stereocenters. The summed E-state index contributed by atoms with van der Waals surface area (Å²) in [4.78, 5) is 4.12. The van der Waals surface area contributed by atoms with Crippen molar-refractivity contribution in [2.45, 2.75) is 26.2 Å². The van der Waals surface area contributed by atoms with Gasteiger partial charge in [0.1, 0.15) is 0 Å². The molecule has 0 aliphatic carbocycles. The summed E-state index contributed by atoms with van der Waals surface area (Å²) in [5, 5.41) is 3.06. The Kier molecular flexibility index (Phi) is 8.87. The zero-order chi connectivity index (χ0) is 11.5. The Morgan fingerprint density at radius 3 is 2.73 bits per heavy atom. The molecule has 0 heterocycles. The monoisotopic (exact) mass is 213 g/mol. The molecule has 0 aromatic rings. The van der Waals surface area contributed by atoms with Gasteiger partial charge in [-0.3, -0.25) is 0 Å². The highest BCUT2D eigenvalue weighted by Crippen LogP contribution is 1.93. The zero-order valence-corrected chi connectivity index (χ0v) is 9.88. The average molecular weight is 213 g/mol. The van der Waals surface area contributed by atoms with Crippen molar-refractivity contribution in [1.29, 1.82) is 0 Å². The highest BCUT2D eigenvalue weighted by Gasteiger charge is 1.92. The van der Waals surface area contributed by atoms with Gasteiger partial charge in [-0.05, 0) is 26.2 Å². The molecule has 3 N–H and O–H groups in total. The number of nitrogens with zero attached hydrogens (tertiary/aromatic N) is 1. The summed E-state index contributed by atoms with van der Waals surface area (Å²) in [6.07, 6.45) is 3.34. The van der Waals surface area contributed by atoms with Crippen LogP contribution in [-0.4, -0.2) is 32.8 Å². The topological polar surface area (TPSA) is 59.6 Å². The fraction of sp³-hybridized carbons (Fsp3) is 0.727. The van der Waals surface area contributed by atoms with Crippen molar-refractivity contribution in [2.24, 2.45) is 10.7 Å². The van der Waals surface area contributed by atoms with E-state index in [1.54, 1.807) is 7.11 Å². The average Bonchev–Trinajstić information content (AvgIpc) is 2.20. The molecule has 15 heavy (non-hydrogen) atoms. The zero-order valence-electron chi connectivity index (χ0n) is 9.88. The van der Waals surface area contributed by atoms with Gasteiger partial charge < -0.3 is 15.8 Å². The third-order valence-corrected chi connectivity index (χ3v) is 1.85. The number of hydrogen-bond acceptors (Lipinski definition) is 2. The predicted molar refractivity (Wildman–Crippen MR) is 65.0 cm³/mol. The standard InChI is InChI=1S/C11H23N3O/c1-10(2)9-14-11(12)13-7-5-4-6-8-15-3/h1,4-9H2,2-3H3,(H3,12,13,14). The highest BCUT2D eigenvalue weighted by atomic mass is 16.5. The molecule has 0 saturated carbocycles. The van der Waals surface area contributed by atoms with E-state index in [0.29, 0.717) is 12.5 Å². The Morgan fingerprint density at radius 1 is 1.40 bits per heavy atom. The van der Waals surface area contributed by atoms with E-state index in [-0.39, 0.29) is 0 Å². The Bertz CT molecular complexity index is 202. The van der Waals surface area contributed by atoms with Crippen LogP contribution < -0.4 is 11.1 Å². The van der Waals surface area contributed by atoms with Crippen LogP contribution in [-0.2, 0) is 4.74 Å². The molecule has 0 aromatic heterocycles. The number of rotatable bonds is 8. The number of ether oxygens (including phenoxy) is 1. The molecule has 0 aliphatic heterocycles. The molecule has 0 radical (unpaired) electrons. The third kappa shape index (κ3) is 10.9. The minimum atomic E-state index is 0.504. The molecular weight excluding hydrogens is 190 g/mol. The summed E-state index contributed by atoms with van der Waals surface area (Å²) in [5.41, 5.74) is 6.65. The first-order chi connectivity index (χ1) is 7.16. The molecule has 0 saturated heterocycles. The lowest BCUT2D eigenvalue weighted by Gasteiger charge is -2.05. The summed E-state index contributed by atoms with van der Waals surface area (Å²) in [6, 6.07) is 0. The van der Waals surface area contributed by atoms with Gasteiger partial charge >= 0.3 is 0 Å². The van der Waals surface area contributed by atoms with Crippen molar-refractivity contribution in [1.82, 2.24) is 5.32 Å². The Morgan fingerprint density at radius 2 is 2.13 bits per heavy atom. The van der Waals surface area contributed by atoms with E-state index >= 15 is 0 Å². The molecule has 4 heteroatoms. The number of nitrogens with one attached hydrogen (secondary N) is 1. The number of methoxy groups -OCH3 is 1. The number of hydrogen-bond donors (Lipinski definition) is 2. The number of guanidine groups is 1. The maximum atomic E-state index is 5.64. The summed E-state index contributed by atoms with van der Waals surface area (Å²) in [6.45, 7) is 7.99.